The number of piperidine rings is 1. The lowest BCUT2D eigenvalue weighted by Gasteiger charge is -2.35. The molecular weight excluding hydrogens is 306 g/mol. The van der Waals surface area contributed by atoms with Gasteiger partial charge in [-0.15, -0.1) is 0 Å². The van der Waals surface area contributed by atoms with Crippen molar-refractivity contribution in [3.8, 4) is 0 Å². The molecule has 0 aliphatic carbocycles. The predicted octanol–water partition coefficient (Wildman–Crippen LogP) is -1.66. The topological polar surface area (TPSA) is 165 Å². The molecule has 10 heteroatoms. The van der Waals surface area contributed by atoms with Crippen LogP contribution in [0.4, 0.5) is 17.6 Å². The molecule has 0 aromatic carbocycles. The van der Waals surface area contributed by atoms with Crippen LogP contribution in [0.5, 0.6) is 0 Å². The standard InChI is InChI=1S/C12H21N5O3.CH2O2/c13-12-15-10(14-2-4-18)5-11(16-12)17-3-1-8(7-19)9(20)6-17;2-1-3/h5,8-9,18-20H,1-4,6-7H2,(H3,13,14,15,16);1H,(H,2,3)/t8-,9-;/m1./s1. The second-order valence-electron chi connectivity index (χ2n) is 4.97. The van der Waals surface area contributed by atoms with Crippen LogP contribution in [-0.2, 0) is 4.79 Å². The zero-order chi connectivity index (χ0) is 17.2. The van der Waals surface area contributed by atoms with E-state index in [9.17, 15) is 5.11 Å². The van der Waals surface area contributed by atoms with Crippen molar-refractivity contribution in [3.05, 3.63) is 6.07 Å². The Labute approximate surface area is 133 Å². The van der Waals surface area contributed by atoms with Crippen molar-refractivity contribution in [3.63, 3.8) is 0 Å². The molecule has 0 amide bonds. The summed E-state index contributed by atoms with van der Waals surface area (Å²) < 4.78 is 0. The van der Waals surface area contributed by atoms with Gasteiger partial charge < -0.3 is 36.4 Å². The molecule has 0 unspecified atom stereocenters. The van der Waals surface area contributed by atoms with Gasteiger partial charge in [-0.25, -0.2) is 0 Å². The Morgan fingerprint density at radius 2 is 2.13 bits per heavy atom. The van der Waals surface area contributed by atoms with Gasteiger partial charge in [0.1, 0.15) is 11.6 Å². The molecule has 1 fully saturated rings. The van der Waals surface area contributed by atoms with Crippen LogP contribution in [0.25, 0.3) is 0 Å². The molecule has 0 saturated carbocycles. The van der Waals surface area contributed by atoms with E-state index in [1.807, 2.05) is 4.90 Å². The number of aliphatic hydroxyl groups is 3. The number of nitrogen functional groups attached to an aromatic ring is 1. The number of carboxylic acid groups (broad SMARTS) is 1. The number of hydrogen-bond donors (Lipinski definition) is 6. The molecule has 1 aliphatic rings. The van der Waals surface area contributed by atoms with Gasteiger partial charge in [-0.1, -0.05) is 0 Å². The first kappa shape index (κ1) is 18.9. The van der Waals surface area contributed by atoms with Crippen LogP contribution in [-0.4, -0.2) is 75.8 Å². The van der Waals surface area contributed by atoms with Crippen LogP contribution in [0.1, 0.15) is 6.42 Å². The molecule has 7 N–H and O–H groups in total. The van der Waals surface area contributed by atoms with E-state index in [1.165, 1.54) is 0 Å². The molecule has 1 aromatic rings. The summed E-state index contributed by atoms with van der Waals surface area (Å²) in [5, 5.41) is 37.7. The number of nitrogens with two attached hydrogens (primary N) is 1. The third-order valence-electron chi connectivity index (χ3n) is 3.43. The van der Waals surface area contributed by atoms with Gasteiger partial charge in [-0.05, 0) is 6.42 Å². The van der Waals surface area contributed by atoms with Crippen LogP contribution < -0.4 is 16.0 Å². The maximum atomic E-state index is 9.96. The molecule has 2 heterocycles. The highest BCUT2D eigenvalue weighted by Gasteiger charge is 2.28. The van der Waals surface area contributed by atoms with Crippen LogP contribution in [0, 0.1) is 5.92 Å². The second kappa shape index (κ2) is 9.77. The fraction of sp³-hybridized carbons (Fsp3) is 0.615. The second-order valence-corrected chi connectivity index (χ2v) is 4.97. The predicted molar refractivity (Wildman–Crippen MR) is 84.1 cm³/mol. The highest BCUT2D eigenvalue weighted by Crippen LogP contribution is 2.24. The number of carbonyl (C=O) groups is 1. The largest absolute Gasteiger partial charge is 0.483 e. The summed E-state index contributed by atoms with van der Waals surface area (Å²) in [6.07, 6.45) is 0.111. The highest BCUT2D eigenvalue weighted by atomic mass is 16.3. The van der Waals surface area contributed by atoms with Crippen molar-refractivity contribution < 1.29 is 25.2 Å². The minimum absolute atomic E-state index is 0.000149. The highest BCUT2D eigenvalue weighted by molar-refractivity contribution is 5.53. The molecule has 1 saturated heterocycles. The molecular formula is C13H23N5O5. The lowest BCUT2D eigenvalue weighted by atomic mass is 9.95. The van der Waals surface area contributed by atoms with Crippen LogP contribution in [0.15, 0.2) is 6.07 Å². The summed E-state index contributed by atoms with van der Waals surface area (Å²) in [7, 11) is 0. The molecule has 1 aromatic heterocycles. The Bertz CT molecular complexity index is 490. The van der Waals surface area contributed by atoms with Crippen LogP contribution in [0.3, 0.4) is 0 Å². The van der Waals surface area contributed by atoms with E-state index >= 15 is 0 Å². The zero-order valence-corrected chi connectivity index (χ0v) is 12.7. The number of nitrogens with one attached hydrogen (secondary N) is 1. The van der Waals surface area contributed by atoms with E-state index in [0.29, 0.717) is 37.7 Å². The van der Waals surface area contributed by atoms with Gasteiger partial charge in [0.25, 0.3) is 6.47 Å². The maximum Gasteiger partial charge on any atom is 0.290 e. The number of β-amino-alcohol motifs (C(OH)–C–C–N with tert-alkyl or cyclic N) is 1. The number of aromatic nitrogens is 2. The van der Waals surface area contributed by atoms with E-state index in [2.05, 4.69) is 15.3 Å². The fourth-order valence-corrected chi connectivity index (χ4v) is 2.29. The maximum absolute atomic E-state index is 9.96. The van der Waals surface area contributed by atoms with Gasteiger partial charge in [0.05, 0.1) is 12.7 Å². The minimum atomic E-state index is -0.584. The molecule has 1 aliphatic heterocycles. The summed E-state index contributed by atoms with van der Waals surface area (Å²) in [6, 6.07) is 1.73. The van der Waals surface area contributed by atoms with Gasteiger partial charge in [-0.3, -0.25) is 4.79 Å². The molecule has 10 nitrogen and oxygen atoms in total. The molecule has 130 valence electrons. The lowest BCUT2D eigenvalue weighted by Crippen LogP contribution is -2.45. The fourth-order valence-electron chi connectivity index (χ4n) is 2.29. The first-order chi connectivity index (χ1) is 11.0. The first-order valence-corrected chi connectivity index (χ1v) is 7.16. The summed E-state index contributed by atoms with van der Waals surface area (Å²) in [6.45, 7) is 1.22. The Morgan fingerprint density at radius 1 is 1.43 bits per heavy atom. The molecule has 2 atom stereocenters. The van der Waals surface area contributed by atoms with E-state index in [0.717, 1.165) is 0 Å². The summed E-state index contributed by atoms with van der Waals surface area (Å²) in [5.74, 6) is 1.23. The van der Waals surface area contributed by atoms with Crippen molar-refractivity contribution in [2.45, 2.75) is 12.5 Å². The van der Waals surface area contributed by atoms with Crippen LogP contribution >= 0.6 is 0 Å². The Hall–Kier alpha value is -2.17. The van der Waals surface area contributed by atoms with Gasteiger partial charge in [0, 0.05) is 38.2 Å². The molecule has 2 rings (SSSR count). The minimum Gasteiger partial charge on any atom is -0.483 e. The third kappa shape index (κ3) is 5.85. The molecule has 0 bridgehead atoms. The average Bonchev–Trinajstić information content (AvgIpc) is 2.53. The molecule has 0 radical (unpaired) electrons. The summed E-state index contributed by atoms with van der Waals surface area (Å²) in [4.78, 5) is 18.5. The average molecular weight is 329 g/mol. The van der Waals surface area contributed by atoms with Crippen molar-refractivity contribution in [1.29, 1.82) is 0 Å². The summed E-state index contributed by atoms with van der Waals surface area (Å²) >= 11 is 0. The van der Waals surface area contributed by atoms with Gasteiger partial charge in [0.15, 0.2) is 0 Å². The Kier molecular flexibility index (Phi) is 8.02. The van der Waals surface area contributed by atoms with E-state index in [-0.39, 0.29) is 31.6 Å². The van der Waals surface area contributed by atoms with Gasteiger partial charge >= 0.3 is 0 Å². The van der Waals surface area contributed by atoms with E-state index in [1.54, 1.807) is 6.07 Å². The van der Waals surface area contributed by atoms with Crippen molar-refractivity contribution in [2.24, 2.45) is 5.92 Å². The third-order valence-corrected chi connectivity index (χ3v) is 3.43. The Balaban J connectivity index is 0.000000816. The van der Waals surface area contributed by atoms with Crippen molar-refractivity contribution >= 4 is 24.1 Å². The molecule has 23 heavy (non-hydrogen) atoms. The number of hydrogen-bond acceptors (Lipinski definition) is 9. The number of rotatable bonds is 5. The van der Waals surface area contributed by atoms with Crippen LogP contribution in [0.2, 0.25) is 0 Å². The summed E-state index contributed by atoms with van der Waals surface area (Å²) in [5.41, 5.74) is 5.67. The monoisotopic (exact) mass is 329 g/mol. The quantitative estimate of drug-likeness (QED) is 0.344. The molecule has 0 spiro atoms. The van der Waals surface area contributed by atoms with E-state index in [4.69, 9.17) is 25.8 Å². The van der Waals surface area contributed by atoms with Crippen molar-refractivity contribution in [1.82, 2.24) is 9.97 Å². The number of anilines is 3. The van der Waals surface area contributed by atoms with Gasteiger partial charge in [0.2, 0.25) is 5.95 Å². The first-order valence-electron chi connectivity index (χ1n) is 7.16. The lowest BCUT2D eigenvalue weighted by molar-refractivity contribution is -0.122. The zero-order valence-electron chi connectivity index (χ0n) is 12.7. The van der Waals surface area contributed by atoms with Crippen molar-refractivity contribution in [2.75, 3.05) is 48.8 Å². The Morgan fingerprint density at radius 3 is 2.70 bits per heavy atom. The smallest absolute Gasteiger partial charge is 0.290 e. The van der Waals surface area contributed by atoms with Gasteiger partial charge in [-0.2, -0.15) is 9.97 Å². The van der Waals surface area contributed by atoms with E-state index < -0.39 is 6.10 Å². The SMILES string of the molecule is Nc1nc(NCCO)cc(N2CC[C@H](CO)[C@H](O)C2)n1.O=CO. The number of aliphatic hydroxyl groups excluding tert-OH is 3. The number of nitrogens with zero attached hydrogens (tertiary/aromatic N) is 3. The normalized spacial score (nSPS) is 20.4.